The molecule has 0 saturated carbocycles. The summed E-state index contributed by atoms with van der Waals surface area (Å²) in [5, 5.41) is 18.7. The summed E-state index contributed by atoms with van der Waals surface area (Å²) in [6, 6.07) is 28.7. The van der Waals surface area contributed by atoms with E-state index in [0.717, 1.165) is 33.8 Å². The van der Waals surface area contributed by atoms with Gasteiger partial charge in [0.2, 0.25) is 0 Å². The Morgan fingerprint density at radius 1 is 0.906 bits per heavy atom. The van der Waals surface area contributed by atoms with Crippen molar-refractivity contribution >= 4 is 23.1 Å². The van der Waals surface area contributed by atoms with Gasteiger partial charge in [0.15, 0.2) is 0 Å². The highest BCUT2D eigenvalue weighted by atomic mass is 16.5. The van der Waals surface area contributed by atoms with Gasteiger partial charge in [0, 0.05) is 17.1 Å². The van der Waals surface area contributed by atoms with Crippen molar-refractivity contribution < 1.29 is 9.84 Å². The Bertz CT molecular complexity index is 1170. The molecular weight excluding hydrogens is 396 g/mol. The maximum absolute atomic E-state index is 9.38. The highest BCUT2D eigenvalue weighted by Crippen LogP contribution is 2.35. The molecule has 0 saturated heterocycles. The number of aliphatic hydroxyl groups excluding tert-OH is 1. The van der Waals surface area contributed by atoms with Crippen molar-refractivity contribution in [1.29, 1.82) is 5.26 Å². The monoisotopic (exact) mass is 422 g/mol. The zero-order valence-electron chi connectivity index (χ0n) is 18.3. The van der Waals surface area contributed by atoms with Crippen molar-refractivity contribution in [3.05, 3.63) is 107 Å². The summed E-state index contributed by atoms with van der Waals surface area (Å²) in [6.07, 6.45) is 4.01. The van der Waals surface area contributed by atoms with Gasteiger partial charge in [0.25, 0.3) is 0 Å². The Balaban J connectivity index is 1.65. The maximum Gasteiger partial charge on any atom is 0.0975 e. The molecular formula is C28H26N2O2. The molecule has 160 valence electrons. The van der Waals surface area contributed by atoms with Crippen molar-refractivity contribution in [2.24, 2.45) is 0 Å². The number of rotatable bonds is 6. The minimum Gasteiger partial charge on any atom is -0.392 e. The first-order valence-electron chi connectivity index (χ1n) is 10.6. The molecule has 4 nitrogen and oxygen atoms in total. The van der Waals surface area contributed by atoms with E-state index in [1.807, 2.05) is 68.5 Å². The number of hydrogen-bond acceptors (Lipinski definition) is 4. The summed E-state index contributed by atoms with van der Waals surface area (Å²) in [4.78, 5) is 2.18. The van der Waals surface area contributed by atoms with Gasteiger partial charge >= 0.3 is 0 Å². The fourth-order valence-corrected chi connectivity index (χ4v) is 3.85. The van der Waals surface area contributed by atoms with Crippen LogP contribution in [0.4, 0.5) is 17.1 Å². The highest BCUT2D eigenvalue weighted by Gasteiger charge is 2.31. The summed E-state index contributed by atoms with van der Waals surface area (Å²) in [5.74, 6) is 0. The average Bonchev–Trinajstić information content (AvgIpc) is 3.13. The molecule has 0 atom stereocenters. The van der Waals surface area contributed by atoms with Gasteiger partial charge in [-0.15, -0.1) is 0 Å². The summed E-state index contributed by atoms with van der Waals surface area (Å²) < 4.78 is 5.74. The first kappa shape index (κ1) is 21.6. The van der Waals surface area contributed by atoms with Gasteiger partial charge in [0.1, 0.15) is 0 Å². The predicted octanol–water partition coefficient (Wildman–Crippen LogP) is 6.29. The van der Waals surface area contributed by atoms with Crippen LogP contribution in [0.5, 0.6) is 0 Å². The third-order valence-corrected chi connectivity index (χ3v) is 5.67. The predicted molar refractivity (Wildman–Crippen MR) is 129 cm³/mol. The van der Waals surface area contributed by atoms with E-state index < -0.39 is 5.60 Å². The quantitative estimate of drug-likeness (QED) is 0.507. The van der Waals surface area contributed by atoms with Crippen LogP contribution in [0.25, 0.3) is 6.08 Å². The second-order valence-corrected chi connectivity index (χ2v) is 8.22. The molecule has 0 aromatic heterocycles. The molecule has 1 N–H and O–H groups in total. The number of hydrogen-bond donors (Lipinski definition) is 1. The first-order valence-corrected chi connectivity index (χ1v) is 10.6. The van der Waals surface area contributed by atoms with Gasteiger partial charge in [-0.05, 0) is 66.9 Å². The molecule has 0 spiro atoms. The Morgan fingerprint density at radius 3 is 2.09 bits per heavy atom. The highest BCUT2D eigenvalue weighted by molar-refractivity contribution is 5.77. The van der Waals surface area contributed by atoms with Gasteiger partial charge in [-0.1, -0.05) is 54.6 Å². The van der Waals surface area contributed by atoms with E-state index in [0.29, 0.717) is 12.2 Å². The molecule has 3 aromatic rings. The number of aliphatic hydroxyl groups is 1. The van der Waals surface area contributed by atoms with Gasteiger partial charge in [-0.2, -0.15) is 5.26 Å². The molecule has 1 heterocycles. The van der Waals surface area contributed by atoms with Crippen molar-refractivity contribution in [2.45, 2.75) is 26.1 Å². The molecule has 0 radical (unpaired) electrons. The van der Waals surface area contributed by atoms with E-state index in [1.165, 1.54) is 0 Å². The van der Waals surface area contributed by atoms with E-state index in [2.05, 4.69) is 47.4 Å². The van der Waals surface area contributed by atoms with Gasteiger partial charge < -0.3 is 14.7 Å². The number of nitrogens with zero attached hydrogens (tertiary/aromatic N) is 2. The van der Waals surface area contributed by atoms with E-state index >= 15 is 0 Å². The van der Waals surface area contributed by atoms with Crippen molar-refractivity contribution in [2.75, 3.05) is 11.5 Å². The van der Waals surface area contributed by atoms with Crippen LogP contribution in [0.15, 0.2) is 96.1 Å². The van der Waals surface area contributed by atoms with Crippen LogP contribution in [0, 0.1) is 11.3 Å². The second kappa shape index (κ2) is 9.23. The molecule has 0 fully saturated rings. The molecule has 32 heavy (non-hydrogen) atoms. The number of nitriles is 1. The van der Waals surface area contributed by atoms with Crippen LogP contribution in [-0.2, 0) is 11.3 Å². The minimum atomic E-state index is -0.452. The van der Waals surface area contributed by atoms with Crippen molar-refractivity contribution in [3.8, 4) is 6.07 Å². The van der Waals surface area contributed by atoms with Crippen molar-refractivity contribution in [3.63, 3.8) is 0 Å². The summed E-state index contributed by atoms with van der Waals surface area (Å²) in [6.45, 7) is 4.36. The van der Waals surface area contributed by atoms with E-state index in [1.54, 1.807) is 0 Å². The Hall–Kier alpha value is -3.65. The molecule has 4 heteroatoms. The van der Waals surface area contributed by atoms with Gasteiger partial charge in [-0.25, -0.2) is 0 Å². The van der Waals surface area contributed by atoms with Crippen LogP contribution in [-0.4, -0.2) is 17.3 Å². The number of para-hydroxylation sites is 1. The zero-order chi connectivity index (χ0) is 22.6. The Kier molecular flexibility index (Phi) is 6.23. The number of anilines is 3. The molecule has 3 aromatic carbocycles. The largest absolute Gasteiger partial charge is 0.392 e. The van der Waals surface area contributed by atoms with E-state index in [4.69, 9.17) is 4.74 Å². The molecule has 0 unspecified atom stereocenters. The average molecular weight is 423 g/mol. The molecule has 0 amide bonds. The summed E-state index contributed by atoms with van der Waals surface area (Å²) in [5.41, 5.74) is 6.20. The standard InChI is InChI=1S/C28H26N2O2/c1-28(2)27(23(18-29)20-32-28)17-12-21-8-13-25(14-9-21)30(24-6-4-3-5-7-24)26-15-10-22(19-31)11-16-26/h3-17,31H,19-20H2,1-2H3. The lowest BCUT2D eigenvalue weighted by Gasteiger charge is -2.25. The molecule has 1 aliphatic rings. The lowest BCUT2D eigenvalue weighted by molar-refractivity contribution is 0.0512. The molecule has 0 bridgehead atoms. The van der Waals surface area contributed by atoms with Crippen LogP contribution in [0.3, 0.4) is 0 Å². The Labute approximate surface area is 189 Å². The zero-order valence-corrected chi connectivity index (χ0v) is 18.3. The maximum atomic E-state index is 9.38. The van der Waals surface area contributed by atoms with E-state index in [9.17, 15) is 10.4 Å². The van der Waals surface area contributed by atoms with Crippen LogP contribution >= 0.6 is 0 Å². The van der Waals surface area contributed by atoms with Crippen molar-refractivity contribution in [1.82, 2.24) is 0 Å². The molecule has 1 aliphatic heterocycles. The first-order chi connectivity index (χ1) is 15.5. The number of benzene rings is 3. The minimum absolute atomic E-state index is 0.0262. The molecule has 4 rings (SSSR count). The molecule has 0 aliphatic carbocycles. The normalized spacial score (nSPS) is 15.2. The second-order valence-electron chi connectivity index (χ2n) is 8.22. The summed E-state index contributed by atoms with van der Waals surface area (Å²) in [7, 11) is 0. The van der Waals surface area contributed by atoms with Crippen LogP contribution < -0.4 is 4.90 Å². The number of ether oxygens (including phenoxy) is 1. The fourth-order valence-electron chi connectivity index (χ4n) is 3.85. The SMILES string of the molecule is CC1(C)OCC(C#N)=C1C=Cc1ccc(N(c2ccccc2)c2ccc(CO)cc2)cc1. The lowest BCUT2D eigenvalue weighted by atomic mass is 9.95. The smallest absolute Gasteiger partial charge is 0.0975 e. The van der Waals surface area contributed by atoms with E-state index in [-0.39, 0.29) is 6.61 Å². The van der Waals surface area contributed by atoms with Gasteiger partial charge in [0.05, 0.1) is 30.5 Å². The third-order valence-electron chi connectivity index (χ3n) is 5.67. The third kappa shape index (κ3) is 4.50. The fraction of sp³-hybridized carbons (Fsp3) is 0.179. The van der Waals surface area contributed by atoms with Crippen LogP contribution in [0.1, 0.15) is 25.0 Å². The lowest BCUT2D eigenvalue weighted by Crippen LogP contribution is -2.20. The van der Waals surface area contributed by atoms with Crippen LogP contribution in [0.2, 0.25) is 0 Å². The topological polar surface area (TPSA) is 56.5 Å². The van der Waals surface area contributed by atoms with Gasteiger partial charge in [-0.3, -0.25) is 0 Å². The summed E-state index contributed by atoms with van der Waals surface area (Å²) >= 11 is 0. The Morgan fingerprint density at radius 2 is 1.50 bits per heavy atom.